The van der Waals surface area contributed by atoms with Crippen LogP contribution < -0.4 is 9.96 Å². The van der Waals surface area contributed by atoms with E-state index in [1.165, 1.54) is 24.9 Å². The first-order valence-electron chi connectivity index (χ1n) is 4.62. The minimum absolute atomic E-state index is 1.24. The summed E-state index contributed by atoms with van der Waals surface area (Å²) >= 11 is 0. The first-order valence-corrected chi connectivity index (χ1v) is 7.04. The Labute approximate surface area is 71.9 Å². The smallest absolute Gasteiger partial charge is 0.200 e. The molecular formula is C8H22N2Si. The summed E-state index contributed by atoms with van der Waals surface area (Å²) in [5.41, 5.74) is 0. The standard InChI is InChI=1S/C8H22N2Si/c1-5-7-8-11(6-2,9-3)10-4/h9-10H,5-8H2,1-4H3. The predicted molar refractivity (Wildman–Crippen MR) is 54.1 cm³/mol. The highest BCUT2D eigenvalue weighted by molar-refractivity contribution is 6.74. The van der Waals surface area contributed by atoms with Gasteiger partial charge in [0.15, 0.2) is 0 Å². The van der Waals surface area contributed by atoms with E-state index >= 15 is 0 Å². The monoisotopic (exact) mass is 174 g/mol. The number of hydrogen-bond donors (Lipinski definition) is 2. The molecule has 0 fully saturated rings. The fraction of sp³-hybridized carbons (Fsp3) is 1.00. The van der Waals surface area contributed by atoms with Crippen LogP contribution in [0.4, 0.5) is 0 Å². The highest BCUT2D eigenvalue weighted by Gasteiger charge is 2.26. The third kappa shape index (κ3) is 3.36. The van der Waals surface area contributed by atoms with Crippen molar-refractivity contribution in [3.8, 4) is 0 Å². The minimum atomic E-state index is -1.24. The van der Waals surface area contributed by atoms with Gasteiger partial charge in [0.2, 0.25) is 8.40 Å². The van der Waals surface area contributed by atoms with Gasteiger partial charge in [0.25, 0.3) is 0 Å². The maximum atomic E-state index is 3.48. The Balaban J connectivity index is 3.84. The maximum Gasteiger partial charge on any atom is 0.200 e. The van der Waals surface area contributed by atoms with Gasteiger partial charge in [-0.05, 0) is 26.2 Å². The molecule has 0 aromatic heterocycles. The van der Waals surface area contributed by atoms with E-state index in [1.54, 1.807) is 0 Å². The van der Waals surface area contributed by atoms with Crippen molar-refractivity contribution in [2.45, 2.75) is 38.8 Å². The summed E-state index contributed by atoms with van der Waals surface area (Å²) in [6.45, 7) is 4.52. The molecule has 0 amide bonds. The number of nitrogens with one attached hydrogen (secondary N) is 2. The normalized spacial score (nSPS) is 12.0. The van der Waals surface area contributed by atoms with Gasteiger partial charge in [-0.3, -0.25) is 0 Å². The van der Waals surface area contributed by atoms with Gasteiger partial charge in [0, 0.05) is 0 Å². The lowest BCUT2D eigenvalue weighted by Crippen LogP contribution is -2.59. The van der Waals surface area contributed by atoms with E-state index in [-0.39, 0.29) is 0 Å². The molecule has 0 spiro atoms. The summed E-state index contributed by atoms with van der Waals surface area (Å²) in [4.78, 5) is 6.96. The van der Waals surface area contributed by atoms with E-state index in [1.807, 2.05) is 0 Å². The highest BCUT2D eigenvalue weighted by Crippen LogP contribution is 2.11. The van der Waals surface area contributed by atoms with Crippen LogP contribution in [0.3, 0.4) is 0 Å². The van der Waals surface area contributed by atoms with Crippen molar-refractivity contribution in [3.05, 3.63) is 0 Å². The molecule has 2 N–H and O–H groups in total. The molecule has 0 aliphatic heterocycles. The molecule has 0 radical (unpaired) electrons. The van der Waals surface area contributed by atoms with Crippen molar-refractivity contribution >= 4 is 8.40 Å². The Kier molecular flexibility index (Phi) is 5.82. The summed E-state index contributed by atoms with van der Waals surface area (Å²) in [6, 6.07) is 2.63. The molecule has 0 saturated carbocycles. The molecule has 0 bridgehead atoms. The summed E-state index contributed by atoms with van der Waals surface area (Å²) < 4.78 is 0. The lowest BCUT2D eigenvalue weighted by molar-refractivity contribution is 0.820. The third-order valence-electron chi connectivity index (χ3n) is 2.52. The average Bonchev–Trinajstić information content (AvgIpc) is 2.08. The van der Waals surface area contributed by atoms with Gasteiger partial charge in [0.1, 0.15) is 0 Å². The third-order valence-corrected chi connectivity index (χ3v) is 6.85. The van der Waals surface area contributed by atoms with Crippen LogP contribution in [-0.4, -0.2) is 22.5 Å². The summed E-state index contributed by atoms with van der Waals surface area (Å²) in [6.07, 6.45) is 2.65. The predicted octanol–water partition coefficient (Wildman–Crippen LogP) is 1.69. The van der Waals surface area contributed by atoms with Gasteiger partial charge in [-0.15, -0.1) is 0 Å². The molecule has 0 unspecified atom stereocenters. The molecular weight excluding hydrogens is 152 g/mol. The van der Waals surface area contributed by atoms with E-state index in [0.29, 0.717) is 0 Å². The Morgan fingerprint density at radius 3 is 1.91 bits per heavy atom. The van der Waals surface area contributed by atoms with Crippen molar-refractivity contribution in [2.75, 3.05) is 14.1 Å². The minimum Gasteiger partial charge on any atom is -0.328 e. The molecule has 0 aliphatic rings. The van der Waals surface area contributed by atoms with E-state index in [4.69, 9.17) is 0 Å². The van der Waals surface area contributed by atoms with E-state index < -0.39 is 8.40 Å². The lowest BCUT2D eigenvalue weighted by Gasteiger charge is -2.28. The molecule has 0 aromatic carbocycles. The second-order valence-electron chi connectivity index (χ2n) is 3.04. The first-order chi connectivity index (χ1) is 5.24. The van der Waals surface area contributed by atoms with Crippen LogP contribution in [0.5, 0.6) is 0 Å². The summed E-state index contributed by atoms with van der Waals surface area (Å²) in [5, 5.41) is 0. The Hall–Kier alpha value is 0.137. The second-order valence-corrected chi connectivity index (χ2v) is 7.41. The van der Waals surface area contributed by atoms with Crippen molar-refractivity contribution in [3.63, 3.8) is 0 Å². The van der Waals surface area contributed by atoms with Gasteiger partial charge < -0.3 is 9.96 Å². The van der Waals surface area contributed by atoms with E-state index in [2.05, 4.69) is 37.9 Å². The molecule has 68 valence electrons. The van der Waals surface area contributed by atoms with Crippen molar-refractivity contribution in [1.29, 1.82) is 0 Å². The van der Waals surface area contributed by atoms with Gasteiger partial charge in [-0.25, -0.2) is 0 Å². The summed E-state index contributed by atoms with van der Waals surface area (Å²) in [5.74, 6) is 0. The van der Waals surface area contributed by atoms with Crippen LogP contribution in [-0.2, 0) is 0 Å². The quantitative estimate of drug-likeness (QED) is 0.599. The molecule has 3 heteroatoms. The molecule has 11 heavy (non-hydrogen) atoms. The topological polar surface area (TPSA) is 24.1 Å². The molecule has 2 nitrogen and oxygen atoms in total. The van der Waals surface area contributed by atoms with Crippen molar-refractivity contribution in [2.24, 2.45) is 0 Å². The second kappa shape index (κ2) is 5.74. The van der Waals surface area contributed by atoms with E-state index in [9.17, 15) is 0 Å². The van der Waals surface area contributed by atoms with Crippen LogP contribution in [0.1, 0.15) is 26.7 Å². The molecule has 0 rings (SSSR count). The Morgan fingerprint density at radius 1 is 1.09 bits per heavy atom. The molecule has 0 aliphatic carbocycles. The Morgan fingerprint density at radius 2 is 1.64 bits per heavy atom. The van der Waals surface area contributed by atoms with Gasteiger partial charge in [-0.1, -0.05) is 26.7 Å². The number of rotatable bonds is 6. The Bertz CT molecular complexity index is 83.8. The van der Waals surface area contributed by atoms with Crippen LogP contribution in [0.2, 0.25) is 12.1 Å². The largest absolute Gasteiger partial charge is 0.328 e. The van der Waals surface area contributed by atoms with Crippen LogP contribution >= 0.6 is 0 Å². The molecule has 0 atom stereocenters. The van der Waals surface area contributed by atoms with Gasteiger partial charge >= 0.3 is 0 Å². The zero-order chi connectivity index (χ0) is 8.74. The zero-order valence-corrected chi connectivity index (χ0v) is 9.33. The van der Waals surface area contributed by atoms with E-state index in [0.717, 1.165) is 0 Å². The molecule has 0 heterocycles. The van der Waals surface area contributed by atoms with Crippen molar-refractivity contribution < 1.29 is 0 Å². The first kappa shape index (κ1) is 11.1. The van der Waals surface area contributed by atoms with Crippen LogP contribution in [0.15, 0.2) is 0 Å². The fourth-order valence-corrected chi connectivity index (χ4v) is 4.15. The highest BCUT2D eigenvalue weighted by atomic mass is 28.3. The SMILES string of the molecule is CCCC[Si](CC)(NC)NC. The molecule has 0 aromatic rings. The summed E-state index contributed by atoms with van der Waals surface area (Å²) in [7, 11) is 2.93. The van der Waals surface area contributed by atoms with Crippen LogP contribution in [0, 0.1) is 0 Å². The average molecular weight is 174 g/mol. The maximum absolute atomic E-state index is 3.48. The van der Waals surface area contributed by atoms with Gasteiger partial charge in [0.05, 0.1) is 0 Å². The zero-order valence-electron chi connectivity index (χ0n) is 8.33. The number of unbranched alkanes of at least 4 members (excludes halogenated alkanes) is 1. The molecule has 0 saturated heterocycles. The number of hydrogen-bond acceptors (Lipinski definition) is 2. The van der Waals surface area contributed by atoms with Gasteiger partial charge in [-0.2, -0.15) is 0 Å². The van der Waals surface area contributed by atoms with Crippen LogP contribution in [0.25, 0.3) is 0 Å². The fourth-order valence-electron chi connectivity index (χ4n) is 1.38. The van der Waals surface area contributed by atoms with Crippen molar-refractivity contribution in [1.82, 2.24) is 9.96 Å². The lowest BCUT2D eigenvalue weighted by atomic mass is 10.4.